The third-order valence-electron chi connectivity index (χ3n) is 2.06. The first-order valence-electron chi connectivity index (χ1n) is 5.37. The fourth-order valence-electron chi connectivity index (χ4n) is 1.17. The highest BCUT2D eigenvalue weighted by molar-refractivity contribution is 5.33. The van der Waals surface area contributed by atoms with Gasteiger partial charge in [-0.05, 0) is 25.5 Å². The number of hydrogen-bond acceptors (Lipinski definition) is 5. The first kappa shape index (κ1) is 12.9. The van der Waals surface area contributed by atoms with Crippen LogP contribution in [0.3, 0.4) is 0 Å². The fourth-order valence-corrected chi connectivity index (χ4v) is 1.17. The average Bonchev–Trinajstić information content (AvgIpc) is 2.34. The quantitative estimate of drug-likeness (QED) is 0.541. The van der Waals surface area contributed by atoms with Gasteiger partial charge in [0.15, 0.2) is 0 Å². The molecule has 0 amide bonds. The Kier molecular flexibility index (Phi) is 5.77. The number of anilines is 1. The molecule has 1 atom stereocenters. The van der Waals surface area contributed by atoms with E-state index in [4.69, 9.17) is 15.3 Å². The van der Waals surface area contributed by atoms with Gasteiger partial charge in [-0.15, -0.1) is 0 Å². The van der Waals surface area contributed by atoms with Crippen molar-refractivity contribution in [2.75, 3.05) is 18.6 Å². The number of nitrogens with one attached hydrogen (secondary N) is 1. The summed E-state index contributed by atoms with van der Waals surface area (Å²) < 4.78 is 10.8. The van der Waals surface area contributed by atoms with E-state index >= 15 is 0 Å². The van der Waals surface area contributed by atoms with Gasteiger partial charge >= 0.3 is 0 Å². The Bertz CT molecular complexity index is 290. The molecular weight excluding hydrogens is 206 g/mol. The third kappa shape index (κ3) is 4.57. The van der Waals surface area contributed by atoms with Gasteiger partial charge < -0.3 is 14.9 Å². The Morgan fingerprint density at radius 2 is 2.31 bits per heavy atom. The van der Waals surface area contributed by atoms with Crippen molar-refractivity contribution in [2.24, 2.45) is 5.84 Å². The first-order valence-corrected chi connectivity index (χ1v) is 5.37. The average molecular weight is 225 g/mol. The van der Waals surface area contributed by atoms with Crippen molar-refractivity contribution in [3.63, 3.8) is 0 Å². The van der Waals surface area contributed by atoms with Crippen molar-refractivity contribution in [2.45, 2.75) is 26.6 Å². The van der Waals surface area contributed by atoms with Gasteiger partial charge in [-0.1, -0.05) is 6.07 Å². The van der Waals surface area contributed by atoms with E-state index in [-0.39, 0.29) is 6.10 Å². The highest BCUT2D eigenvalue weighted by Crippen LogP contribution is 2.06. The summed E-state index contributed by atoms with van der Waals surface area (Å²) in [6, 6.07) is 3.74. The molecule has 0 aliphatic rings. The molecule has 0 aliphatic carbocycles. The lowest BCUT2D eigenvalue weighted by Gasteiger charge is -2.12. The number of nitrogen functional groups attached to an aromatic ring is 1. The Hall–Kier alpha value is -1.17. The molecule has 0 bridgehead atoms. The van der Waals surface area contributed by atoms with E-state index in [1.54, 1.807) is 6.20 Å². The third-order valence-corrected chi connectivity index (χ3v) is 2.06. The van der Waals surface area contributed by atoms with Crippen LogP contribution in [0.1, 0.15) is 19.4 Å². The smallest absolute Gasteiger partial charge is 0.139 e. The molecule has 0 radical (unpaired) electrons. The molecule has 1 rings (SSSR count). The second kappa shape index (κ2) is 7.16. The molecule has 5 heteroatoms. The van der Waals surface area contributed by atoms with Crippen LogP contribution in [-0.2, 0) is 16.1 Å². The number of hydrazine groups is 1. The molecule has 0 saturated carbocycles. The van der Waals surface area contributed by atoms with Gasteiger partial charge in [0, 0.05) is 12.8 Å². The number of hydrogen-bond donors (Lipinski definition) is 2. The second-order valence-corrected chi connectivity index (χ2v) is 3.48. The van der Waals surface area contributed by atoms with E-state index in [2.05, 4.69) is 10.4 Å². The standard InChI is InChI=1S/C11H19N3O2/c1-3-15-7-9(2)16-8-10-4-5-11(14-12)13-6-10/h4-6,9H,3,7-8,12H2,1-2H3,(H,13,14). The second-order valence-electron chi connectivity index (χ2n) is 3.48. The van der Waals surface area contributed by atoms with Crippen molar-refractivity contribution in [1.82, 2.24) is 4.98 Å². The molecule has 0 spiro atoms. The summed E-state index contributed by atoms with van der Waals surface area (Å²) in [4.78, 5) is 4.09. The number of pyridine rings is 1. The fraction of sp³-hybridized carbons (Fsp3) is 0.545. The number of rotatable bonds is 7. The van der Waals surface area contributed by atoms with Crippen molar-refractivity contribution in [3.8, 4) is 0 Å². The highest BCUT2D eigenvalue weighted by atomic mass is 16.5. The molecule has 1 heterocycles. The van der Waals surface area contributed by atoms with Gasteiger partial charge in [-0.25, -0.2) is 10.8 Å². The Labute approximate surface area is 95.9 Å². The summed E-state index contributed by atoms with van der Waals surface area (Å²) in [6.45, 7) is 5.82. The molecule has 0 aromatic carbocycles. The van der Waals surface area contributed by atoms with Crippen LogP contribution in [0.5, 0.6) is 0 Å². The lowest BCUT2D eigenvalue weighted by Crippen LogP contribution is -2.16. The zero-order chi connectivity index (χ0) is 11.8. The van der Waals surface area contributed by atoms with Crippen molar-refractivity contribution >= 4 is 5.82 Å². The molecule has 90 valence electrons. The van der Waals surface area contributed by atoms with Crippen LogP contribution in [-0.4, -0.2) is 24.3 Å². The molecule has 0 aliphatic heterocycles. The van der Waals surface area contributed by atoms with Gasteiger partial charge in [-0.2, -0.15) is 0 Å². The number of ether oxygens (including phenoxy) is 2. The minimum absolute atomic E-state index is 0.0901. The summed E-state index contributed by atoms with van der Waals surface area (Å²) in [7, 11) is 0. The Morgan fingerprint density at radius 3 is 2.88 bits per heavy atom. The van der Waals surface area contributed by atoms with Gasteiger partial charge in [0.1, 0.15) is 5.82 Å². The maximum absolute atomic E-state index is 5.59. The number of nitrogens with zero attached hydrogens (tertiary/aromatic N) is 1. The molecule has 1 aromatic heterocycles. The SMILES string of the molecule is CCOCC(C)OCc1ccc(NN)nc1. The first-order chi connectivity index (χ1) is 7.76. The predicted molar refractivity (Wildman–Crippen MR) is 62.8 cm³/mol. The molecule has 0 saturated heterocycles. The van der Waals surface area contributed by atoms with E-state index in [0.717, 1.165) is 5.56 Å². The Balaban J connectivity index is 2.30. The molecule has 0 fully saturated rings. The largest absolute Gasteiger partial charge is 0.379 e. The topological polar surface area (TPSA) is 69.4 Å². The predicted octanol–water partition coefficient (Wildman–Crippen LogP) is 1.31. The van der Waals surface area contributed by atoms with E-state index < -0.39 is 0 Å². The molecule has 5 nitrogen and oxygen atoms in total. The van der Waals surface area contributed by atoms with Crippen molar-refractivity contribution < 1.29 is 9.47 Å². The van der Waals surface area contributed by atoms with Gasteiger partial charge in [0.25, 0.3) is 0 Å². The van der Waals surface area contributed by atoms with E-state index in [0.29, 0.717) is 25.6 Å². The van der Waals surface area contributed by atoms with Crippen LogP contribution in [0.4, 0.5) is 5.82 Å². The lowest BCUT2D eigenvalue weighted by atomic mass is 10.3. The summed E-state index contributed by atoms with van der Waals surface area (Å²) in [6.07, 6.45) is 1.83. The normalized spacial score (nSPS) is 12.4. The van der Waals surface area contributed by atoms with Crippen LogP contribution in [0.15, 0.2) is 18.3 Å². The molecule has 1 aromatic rings. The zero-order valence-corrected chi connectivity index (χ0v) is 9.77. The molecular formula is C11H19N3O2. The highest BCUT2D eigenvalue weighted by Gasteiger charge is 2.02. The summed E-state index contributed by atoms with van der Waals surface area (Å²) in [5.74, 6) is 5.86. The van der Waals surface area contributed by atoms with Crippen LogP contribution in [0.2, 0.25) is 0 Å². The van der Waals surface area contributed by atoms with Crippen LogP contribution in [0, 0.1) is 0 Å². The van der Waals surface area contributed by atoms with E-state index in [9.17, 15) is 0 Å². The maximum atomic E-state index is 5.59. The molecule has 16 heavy (non-hydrogen) atoms. The van der Waals surface area contributed by atoms with Crippen LogP contribution < -0.4 is 11.3 Å². The van der Waals surface area contributed by atoms with Crippen LogP contribution in [0.25, 0.3) is 0 Å². The minimum atomic E-state index is 0.0901. The summed E-state index contributed by atoms with van der Waals surface area (Å²) >= 11 is 0. The van der Waals surface area contributed by atoms with Gasteiger partial charge in [0.2, 0.25) is 0 Å². The van der Waals surface area contributed by atoms with Gasteiger partial charge in [0.05, 0.1) is 19.3 Å². The number of nitrogens with two attached hydrogens (primary N) is 1. The van der Waals surface area contributed by atoms with E-state index in [1.807, 2.05) is 26.0 Å². The number of aromatic nitrogens is 1. The molecule has 3 N–H and O–H groups in total. The lowest BCUT2D eigenvalue weighted by molar-refractivity contribution is -0.0117. The van der Waals surface area contributed by atoms with Crippen molar-refractivity contribution in [3.05, 3.63) is 23.9 Å². The summed E-state index contributed by atoms with van der Waals surface area (Å²) in [5, 5.41) is 0. The van der Waals surface area contributed by atoms with Crippen molar-refractivity contribution in [1.29, 1.82) is 0 Å². The maximum Gasteiger partial charge on any atom is 0.139 e. The van der Waals surface area contributed by atoms with Gasteiger partial charge in [-0.3, -0.25) is 0 Å². The monoisotopic (exact) mass is 225 g/mol. The summed E-state index contributed by atoms with van der Waals surface area (Å²) in [5.41, 5.74) is 3.49. The van der Waals surface area contributed by atoms with Crippen LogP contribution >= 0.6 is 0 Å². The Morgan fingerprint density at radius 1 is 1.50 bits per heavy atom. The van der Waals surface area contributed by atoms with E-state index in [1.165, 1.54) is 0 Å². The zero-order valence-electron chi connectivity index (χ0n) is 9.77. The minimum Gasteiger partial charge on any atom is -0.379 e. The molecule has 1 unspecified atom stereocenters.